The lowest BCUT2D eigenvalue weighted by molar-refractivity contribution is 0.550. The molecule has 0 aliphatic heterocycles. The average molecular weight is 250 g/mol. The summed E-state index contributed by atoms with van der Waals surface area (Å²) in [4.78, 5) is 1.66. The molecule has 2 aromatic heterocycles. The van der Waals surface area contributed by atoms with Crippen LogP contribution in [0.15, 0.2) is 5.38 Å². The Morgan fingerprint density at radius 3 is 2.62 bits per heavy atom. The quantitative estimate of drug-likeness (QED) is 0.677. The lowest BCUT2D eigenvalue weighted by Gasteiger charge is -2.07. The highest BCUT2D eigenvalue weighted by Gasteiger charge is 2.19. The van der Waals surface area contributed by atoms with Crippen molar-refractivity contribution < 1.29 is 0 Å². The van der Waals surface area contributed by atoms with E-state index in [2.05, 4.69) is 30.6 Å². The van der Waals surface area contributed by atoms with Gasteiger partial charge in [-0.3, -0.25) is 0 Å². The average Bonchev–Trinajstić information content (AvgIpc) is 2.93. The SMILES string of the molecule is Cc1csc2c(C)c(CC3CCCC3)sc12. The normalized spacial score (nSPS) is 17.6. The van der Waals surface area contributed by atoms with Crippen LogP contribution in [0, 0.1) is 19.8 Å². The summed E-state index contributed by atoms with van der Waals surface area (Å²) in [6.07, 6.45) is 7.19. The van der Waals surface area contributed by atoms with Crippen LogP contribution in [0.2, 0.25) is 0 Å². The molecule has 2 heteroatoms. The van der Waals surface area contributed by atoms with Crippen LogP contribution in [0.3, 0.4) is 0 Å². The van der Waals surface area contributed by atoms with Crippen molar-refractivity contribution in [3.05, 3.63) is 21.4 Å². The summed E-state index contributed by atoms with van der Waals surface area (Å²) in [7, 11) is 0. The minimum Gasteiger partial charge on any atom is -0.142 e. The van der Waals surface area contributed by atoms with Crippen molar-refractivity contribution in [2.24, 2.45) is 5.92 Å². The molecule has 1 fully saturated rings. The van der Waals surface area contributed by atoms with E-state index in [-0.39, 0.29) is 0 Å². The molecule has 0 amide bonds. The first-order valence-electron chi connectivity index (χ1n) is 6.22. The number of hydrogen-bond donors (Lipinski definition) is 0. The number of hydrogen-bond acceptors (Lipinski definition) is 2. The lowest BCUT2D eigenvalue weighted by Crippen LogP contribution is -1.97. The Bertz CT molecular complexity index is 498. The molecule has 0 aromatic carbocycles. The van der Waals surface area contributed by atoms with Gasteiger partial charge in [-0.25, -0.2) is 0 Å². The molecule has 0 bridgehead atoms. The van der Waals surface area contributed by atoms with Crippen LogP contribution < -0.4 is 0 Å². The van der Waals surface area contributed by atoms with Gasteiger partial charge in [0, 0.05) is 14.3 Å². The Hall–Kier alpha value is -0.340. The Labute approximate surface area is 105 Å². The fourth-order valence-corrected chi connectivity index (χ4v) is 5.49. The fourth-order valence-electron chi connectivity index (χ4n) is 2.82. The maximum absolute atomic E-state index is 2.32. The molecule has 0 N–H and O–H groups in total. The van der Waals surface area contributed by atoms with Crippen LogP contribution in [-0.2, 0) is 6.42 Å². The molecule has 1 saturated carbocycles. The summed E-state index contributed by atoms with van der Waals surface area (Å²) in [6, 6.07) is 0. The predicted molar refractivity (Wildman–Crippen MR) is 74.8 cm³/mol. The van der Waals surface area contributed by atoms with E-state index in [0.717, 1.165) is 5.92 Å². The van der Waals surface area contributed by atoms with Gasteiger partial charge in [0.1, 0.15) is 0 Å². The van der Waals surface area contributed by atoms with Crippen LogP contribution in [-0.4, -0.2) is 0 Å². The molecule has 0 radical (unpaired) electrons. The molecule has 2 heterocycles. The first-order valence-corrected chi connectivity index (χ1v) is 7.91. The van der Waals surface area contributed by atoms with Crippen molar-refractivity contribution >= 4 is 32.1 Å². The molecule has 16 heavy (non-hydrogen) atoms. The topological polar surface area (TPSA) is 0 Å². The lowest BCUT2D eigenvalue weighted by atomic mass is 10.0. The summed E-state index contributed by atoms with van der Waals surface area (Å²) in [6.45, 7) is 4.56. The Morgan fingerprint density at radius 1 is 1.19 bits per heavy atom. The van der Waals surface area contributed by atoms with E-state index in [1.54, 1.807) is 19.8 Å². The smallest absolute Gasteiger partial charge is 0.0485 e. The zero-order valence-electron chi connectivity index (χ0n) is 10.0. The van der Waals surface area contributed by atoms with Crippen LogP contribution in [0.25, 0.3) is 9.40 Å². The predicted octanol–water partition coefficient (Wildman–Crippen LogP) is 5.31. The van der Waals surface area contributed by atoms with E-state index >= 15 is 0 Å². The maximum Gasteiger partial charge on any atom is 0.0485 e. The Kier molecular flexibility index (Phi) is 2.80. The van der Waals surface area contributed by atoms with Crippen molar-refractivity contribution in [1.82, 2.24) is 0 Å². The van der Waals surface area contributed by atoms with Crippen LogP contribution in [0.4, 0.5) is 0 Å². The van der Waals surface area contributed by atoms with Crippen molar-refractivity contribution in [3.8, 4) is 0 Å². The number of thiophene rings is 2. The molecule has 1 aliphatic carbocycles. The molecule has 1 aliphatic rings. The number of rotatable bonds is 2. The van der Waals surface area contributed by atoms with Gasteiger partial charge >= 0.3 is 0 Å². The van der Waals surface area contributed by atoms with Gasteiger partial charge < -0.3 is 0 Å². The van der Waals surface area contributed by atoms with E-state index < -0.39 is 0 Å². The summed E-state index contributed by atoms with van der Waals surface area (Å²) in [5, 5.41) is 2.30. The summed E-state index contributed by atoms with van der Waals surface area (Å²) in [5.41, 5.74) is 3.05. The summed E-state index contributed by atoms with van der Waals surface area (Å²) < 4.78 is 3.10. The number of aryl methyl sites for hydroxylation is 2. The summed E-state index contributed by atoms with van der Waals surface area (Å²) >= 11 is 3.98. The first kappa shape index (κ1) is 10.8. The second kappa shape index (κ2) is 4.15. The van der Waals surface area contributed by atoms with E-state index in [1.165, 1.54) is 37.7 Å². The zero-order valence-corrected chi connectivity index (χ0v) is 11.6. The molecular formula is C14H18S2. The molecule has 3 rings (SSSR count). The highest BCUT2D eigenvalue weighted by atomic mass is 32.1. The largest absolute Gasteiger partial charge is 0.142 e. The molecule has 0 saturated heterocycles. The van der Waals surface area contributed by atoms with Gasteiger partial charge in [0.2, 0.25) is 0 Å². The summed E-state index contributed by atoms with van der Waals surface area (Å²) in [5.74, 6) is 0.978. The minimum absolute atomic E-state index is 0.978. The third kappa shape index (κ3) is 1.72. The fraction of sp³-hybridized carbons (Fsp3) is 0.571. The van der Waals surface area contributed by atoms with Crippen molar-refractivity contribution in [2.45, 2.75) is 46.0 Å². The molecule has 0 atom stereocenters. The van der Waals surface area contributed by atoms with Crippen molar-refractivity contribution in [2.75, 3.05) is 0 Å². The van der Waals surface area contributed by atoms with E-state index in [9.17, 15) is 0 Å². The second-order valence-electron chi connectivity index (χ2n) is 5.08. The van der Waals surface area contributed by atoms with Crippen molar-refractivity contribution in [1.29, 1.82) is 0 Å². The van der Waals surface area contributed by atoms with Gasteiger partial charge in [-0.15, -0.1) is 22.7 Å². The molecule has 0 unspecified atom stereocenters. The second-order valence-corrected chi connectivity index (χ2v) is 7.07. The van der Waals surface area contributed by atoms with E-state index in [4.69, 9.17) is 0 Å². The monoisotopic (exact) mass is 250 g/mol. The first-order chi connectivity index (χ1) is 7.75. The van der Waals surface area contributed by atoms with Gasteiger partial charge in [0.15, 0.2) is 0 Å². The van der Waals surface area contributed by atoms with E-state index in [1.807, 2.05) is 11.3 Å². The van der Waals surface area contributed by atoms with Gasteiger partial charge in [0.25, 0.3) is 0 Å². The standard InChI is InChI=1S/C14H18S2/c1-9-8-15-14-10(2)12(16-13(9)14)7-11-5-3-4-6-11/h8,11H,3-7H2,1-2H3. The zero-order chi connectivity index (χ0) is 11.1. The van der Waals surface area contributed by atoms with Gasteiger partial charge in [-0.2, -0.15) is 0 Å². The minimum atomic E-state index is 0.978. The Balaban J connectivity index is 1.93. The van der Waals surface area contributed by atoms with Crippen molar-refractivity contribution in [3.63, 3.8) is 0 Å². The Morgan fingerprint density at radius 2 is 1.94 bits per heavy atom. The highest BCUT2D eigenvalue weighted by Crippen LogP contribution is 2.40. The third-order valence-electron chi connectivity index (χ3n) is 3.85. The van der Waals surface area contributed by atoms with Crippen LogP contribution in [0.1, 0.15) is 41.7 Å². The van der Waals surface area contributed by atoms with Gasteiger partial charge in [0.05, 0.1) is 0 Å². The molecule has 0 nitrogen and oxygen atoms in total. The van der Waals surface area contributed by atoms with E-state index in [0.29, 0.717) is 0 Å². The maximum atomic E-state index is 2.32. The molecule has 2 aromatic rings. The molecule has 86 valence electrons. The van der Waals surface area contributed by atoms with Crippen LogP contribution in [0.5, 0.6) is 0 Å². The third-order valence-corrected chi connectivity index (χ3v) is 6.65. The van der Waals surface area contributed by atoms with Crippen LogP contribution >= 0.6 is 22.7 Å². The molecular weight excluding hydrogens is 232 g/mol. The van der Waals surface area contributed by atoms with Gasteiger partial charge in [-0.05, 0) is 42.7 Å². The number of fused-ring (bicyclic) bond motifs is 1. The highest BCUT2D eigenvalue weighted by molar-refractivity contribution is 7.27. The van der Waals surface area contributed by atoms with Gasteiger partial charge in [-0.1, -0.05) is 25.7 Å². The molecule has 0 spiro atoms.